The molecule has 1 heterocycles. The van der Waals surface area contributed by atoms with E-state index in [0.29, 0.717) is 22.1 Å². The van der Waals surface area contributed by atoms with Gasteiger partial charge in [-0.25, -0.2) is 0 Å². The van der Waals surface area contributed by atoms with Gasteiger partial charge >= 0.3 is 0 Å². The van der Waals surface area contributed by atoms with Crippen LogP contribution in [-0.4, -0.2) is 25.2 Å². The largest absolute Gasteiger partial charge is 0.364 e. The molecule has 1 aliphatic heterocycles. The Morgan fingerprint density at radius 3 is 2.88 bits per heavy atom. The maximum atomic E-state index is 6.30. The van der Waals surface area contributed by atoms with E-state index in [-0.39, 0.29) is 0 Å². The Bertz CT molecular complexity index is 395. The Balaban J connectivity index is 2.32. The molecule has 17 heavy (non-hydrogen) atoms. The monoisotopic (exact) mass is 272 g/mol. The summed E-state index contributed by atoms with van der Waals surface area (Å²) in [4.78, 5) is 2.37. The van der Waals surface area contributed by atoms with Crippen molar-refractivity contribution in [2.75, 3.05) is 18.0 Å². The normalized spacial score (nSPS) is 25.1. The van der Waals surface area contributed by atoms with E-state index in [1.807, 2.05) is 12.1 Å². The third kappa shape index (κ3) is 2.70. The summed E-state index contributed by atoms with van der Waals surface area (Å²) in [5.41, 5.74) is 1.05. The third-order valence-electron chi connectivity index (χ3n) is 3.33. The molecule has 0 radical (unpaired) electrons. The van der Waals surface area contributed by atoms with Crippen LogP contribution in [0.4, 0.5) is 5.69 Å². The summed E-state index contributed by atoms with van der Waals surface area (Å²) < 4.78 is 0. The molecule has 1 aliphatic rings. The van der Waals surface area contributed by atoms with Gasteiger partial charge in [0.15, 0.2) is 0 Å². The van der Waals surface area contributed by atoms with Crippen LogP contribution in [0.25, 0.3) is 0 Å². The molecule has 1 fully saturated rings. The summed E-state index contributed by atoms with van der Waals surface area (Å²) >= 11 is 12.4. The van der Waals surface area contributed by atoms with Crippen LogP contribution in [0.2, 0.25) is 10.0 Å². The molecule has 0 aliphatic carbocycles. The quantitative estimate of drug-likeness (QED) is 0.886. The van der Waals surface area contributed by atoms with Crippen molar-refractivity contribution < 1.29 is 0 Å². The highest BCUT2D eigenvalue weighted by atomic mass is 35.5. The molecule has 2 unspecified atom stereocenters. The second-order valence-corrected chi connectivity index (χ2v) is 5.38. The van der Waals surface area contributed by atoms with Crippen LogP contribution in [0.15, 0.2) is 18.2 Å². The van der Waals surface area contributed by atoms with Crippen LogP contribution in [0, 0.1) is 0 Å². The summed E-state index contributed by atoms with van der Waals surface area (Å²) in [6.45, 7) is 6.37. The van der Waals surface area contributed by atoms with Gasteiger partial charge in [-0.15, -0.1) is 0 Å². The van der Waals surface area contributed by atoms with E-state index < -0.39 is 0 Å². The van der Waals surface area contributed by atoms with Gasteiger partial charge in [0.25, 0.3) is 0 Å². The number of benzene rings is 1. The SMILES string of the molecule is CCC1CNC(C)CN1c1cccc(Cl)c1Cl. The molecule has 0 bridgehead atoms. The average Bonchev–Trinajstić information content (AvgIpc) is 2.33. The summed E-state index contributed by atoms with van der Waals surface area (Å²) in [6, 6.07) is 6.81. The minimum atomic E-state index is 0.479. The van der Waals surface area contributed by atoms with Crippen molar-refractivity contribution in [1.82, 2.24) is 5.32 Å². The molecule has 0 saturated carbocycles. The van der Waals surface area contributed by atoms with Crippen LogP contribution in [-0.2, 0) is 0 Å². The zero-order valence-corrected chi connectivity index (χ0v) is 11.7. The molecular formula is C13H18Cl2N2. The predicted octanol–water partition coefficient (Wildman–Crippen LogP) is 3.57. The van der Waals surface area contributed by atoms with Gasteiger partial charge in [-0.1, -0.05) is 36.2 Å². The van der Waals surface area contributed by atoms with Crippen molar-refractivity contribution >= 4 is 28.9 Å². The van der Waals surface area contributed by atoms with Gasteiger partial charge < -0.3 is 10.2 Å². The summed E-state index contributed by atoms with van der Waals surface area (Å²) in [6.07, 6.45) is 1.10. The first kappa shape index (κ1) is 13.0. The van der Waals surface area contributed by atoms with Gasteiger partial charge in [0.05, 0.1) is 15.7 Å². The van der Waals surface area contributed by atoms with E-state index >= 15 is 0 Å². The van der Waals surface area contributed by atoms with Crippen molar-refractivity contribution in [3.63, 3.8) is 0 Å². The highest BCUT2D eigenvalue weighted by Gasteiger charge is 2.26. The fourth-order valence-electron chi connectivity index (χ4n) is 2.33. The molecular weight excluding hydrogens is 255 g/mol. The van der Waals surface area contributed by atoms with Crippen LogP contribution < -0.4 is 10.2 Å². The Kier molecular flexibility index (Phi) is 4.18. The average molecular weight is 273 g/mol. The van der Waals surface area contributed by atoms with E-state index in [1.54, 1.807) is 0 Å². The van der Waals surface area contributed by atoms with Crippen LogP contribution in [0.1, 0.15) is 20.3 Å². The fraction of sp³-hybridized carbons (Fsp3) is 0.538. The highest BCUT2D eigenvalue weighted by Crippen LogP contribution is 2.34. The van der Waals surface area contributed by atoms with E-state index in [0.717, 1.165) is 25.2 Å². The molecule has 2 rings (SSSR count). The van der Waals surface area contributed by atoms with Gasteiger partial charge in [-0.3, -0.25) is 0 Å². The number of anilines is 1. The molecule has 0 aromatic heterocycles. The second kappa shape index (κ2) is 5.47. The minimum Gasteiger partial charge on any atom is -0.364 e. The number of rotatable bonds is 2. The topological polar surface area (TPSA) is 15.3 Å². The molecule has 0 amide bonds. The molecule has 2 nitrogen and oxygen atoms in total. The van der Waals surface area contributed by atoms with E-state index in [9.17, 15) is 0 Å². The number of hydrogen-bond donors (Lipinski definition) is 1. The van der Waals surface area contributed by atoms with Crippen LogP contribution in [0.5, 0.6) is 0 Å². The summed E-state index contributed by atoms with van der Waals surface area (Å²) in [5.74, 6) is 0. The Hall–Kier alpha value is -0.440. The maximum Gasteiger partial charge on any atom is 0.0825 e. The zero-order chi connectivity index (χ0) is 12.4. The molecule has 1 N–H and O–H groups in total. The highest BCUT2D eigenvalue weighted by molar-refractivity contribution is 6.43. The van der Waals surface area contributed by atoms with E-state index in [4.69, 9.17) is 23.2 Å². The number of piperazine rings is 1. The van der Waals surface area contributed by atoms with Crippen molar-refractivity contribution in [2.45, 2.75) is 32.4 Å². The Morgan fingerprint density at radius 1 is 1.41 bits per heavy atom. The van der Waals surface area contributed by atoms with Crippen molar-refractivity contribution in [1.29, 1.82) is 0 Å². The lowest BCUT2D eigenvalue weighted by atomic mass is 10.1. The predicted molar refractivity (Wildman–Crippen MR) is 75.4 cm³/mol. The van der Waals surface area contributed by atoms with Gasteiger partial charge in [0, 0.05) is 25.2 Å². The first-order chi connectivity index (χ1) is 8.13. The van der Waals surface area contributed by atoms with E-state index in [1.165, 1.54) is 0 Å². The van der Waals surface area contributed by atoms with Crippen molar-refractivity contribution in [3.8, 4) is 0 Å². The van der Waals surface area contributed by atoms with Gasteiger partial charge in [0.1, 0.15) is 0 Å². The molecule has 0 spiro atoms. The van der Waals surface area contributed by atoms with Gasteiger partial charge in [0.2, 0.25) is 0 Å². The van der Waals surface area contributed by atoms with Gasteiger partial charge in [-0.2, -0.15) is 0 Å². The smallest absolute Gasteiger partial charge is 0.0825 e. The minimum absolute atomic E-state index is 0.479. The maximum absolute atomic E-state index is 6.30. The number of halogens is 2. The third-order valence-corrected chi connectivity index (χ3v) is 4.13. The lowest BCUT2D eigenvalue weighted by Crippen LogP contribution is -2.55. The Morgan fingerprint density at radius 2 is 2.18 bits per heavy atom. The molecule has 1 aromatic rings. The van der Waals surface area contributed by atoms with Crippen molar-refractivity contribution in [2.24, 2.45) is 0 Å². The number of nitrogens with one attached hydrogen (secondary N) is 1. The molecule has 94 valence electrons. The number of hydrogen-bond acceptors (Lipinski definition) is 2. The molecule has 1 aromatic carbocycles. The zero-order valence-electron chi connectivity index (χ0n) is 10.2. The summed E-state index contributed by atoms with van der Waals surface area (Å²) in [5, 5.41) is 4.80. The molecule has 1 saturated heterocycles. The fourth-order valence-corrected chi connectivity index (χ4v) is 2.73. The lowest BCUT2D eigenvalue weighted by Gasteiger charge is -2.41. The van der Waals surface area contributed by atoms with E-state index in [2.05, 4.69) is 30.1 Å². The lowest BCUT2D eigenvalue weighted by molar-refractivity contribution is 0.402. The van der Waals surface area contributed by atoms with Crippen molar-refractivity contribution in [3.05, 3.63) is 28.2 Å². The molecule has 4 heteroatoms. The number of nitrogens with zero attached hydrogens (tertiary/aromatic N) is 1. The standard InChI is InChI=1S/C13H18Cl2N2/c1-3-10-7-16-9(2)8-17(10)12-6-4-5-11(14)13(12)15/h4-6,9-10,16H,3,7-8H2,1-2H3. The van der Waals surface area contributed by atoms with Gasteiger partial charge in [-0.05, 0) is 25.5 Å². The first-order valence-electron chi connectivity index (χ1n) is 6.07. The first-order valence-corrected chi connectivity index (χ1v) is 6.83. The summed E-state index contributed by atoms with van der Waals surface area (Å²) in [7, 11) is 0. The Labute approximate surface area is 113 Å². The van der Waals surface area contributed by atoms with Crippen LogP contribution >= 0.6 is 23.2 Å². The van der Waals surface area contributed by atoms with Crippen LogP contribution in [0.3, 0.4) is 0 Å². The second-order valence-electron chi connectivity index (χ2n) is 4.60. The molecule has 2 atom stereocenters.